The van der Waals surface area contributed by atoms with Crippen molar-refractivity contribution in [1.82, 2.24) is 4.98 Å². The molecule has 0 atom stereocenters. The molecule has 62 valence electrons. The molecule has 0 aliphatic carbocycles. The third-order valence-corrected chi connectivity index (χ3v) is 3.54. The zero-order valence-electron chi connectivity index (χ0n) is 7.64. The summed E-state index contributed by atoms with van der Waals surface area (Å²) >= 11 is 1.77. The molecule has 0 N–H and O–H groups in total. The SMILES string of the molecule is CCC(C)(C)c1scnc1C. The summed E-state index contributed by atoms with van der Waals surface area (Å²) in [5.41, 5.74) is 3.44. The molecule has 0 amide bonds. The maximum atomic E-state index is 4.25. The van der Waals surface area contributed by atoms with E-state index < -0.39 is 0 Å². The second-order valence-electron chi connectivity index (χ2n) is 3.50. The highest BCUT2D eigenvalue weighted by Gasteiger charge is 2.21. The Morgan fingerprint density at radius 2 is 2.18 bits per heavy atom. The monoisotopic (exact) mass is 169 g/mol. The summed E-state index contributed by atoms with van der Waals surface area (Å²) < 4.78 is 0. The van der Waals surface area contributed by atoms with Gasteiger partial charge in [-0.15, -0.1) is 11.3 Å². The number of hydrogen-bond donors (Lipinski definition) is 0. The first-order valence-electron chi connectivity index (χ1n) is 3.98. The number of hydrogen-bond acceptors (Lipinski definition) is 2. The van der Waals surface area contributed by atoms with Crippen molar-refractivity contribution in [2.24, 2.45) is 0 Å². The zero-order valence-corrected chi connectivity index (χ0v) is 8.46. The van der Waals surface area contributed by atoms with E-state index in [-0.39, 0.29) is 0 Å². The Kier molecular flexibility index (Phi) is 2.33. The van der Waals surface area contributed by atoms with Gasteiger partial charge in [0.2, 0.25) is 0 Å². The topological polar surface area (TPSA) is 12.9 Å². The number of thiazole rings is 1. The van der Waals surface area contributed by atoms with Crippen molar-refractivity contribution in [2.75, 3.05) is 0 Å². The van der Waals surface area contributed by atoms with Gasteiger partial charge in [0.15, 0.2) is 0 Å². The van der Waals surface area contributed by atoms with Gasteiger partial charge in [-0.25, -0.2) is 4.98 Å². The van der Waals surface area contributed by atoms with Crippen LogP contribution in [0.5, 0.6) is 0 Å². The van der Waals surface area contributed by atoms with Crippen molar-refractivity contribution in [2.45, 2.75) is 39.5 Å². The summed E-state index contributed by atoms with van der Waals surface area (Å²) in [6.07, 6.45) is 1.18. The molecule has 11 heavy (non-hydrogen) atoms. The Bertz CT molecular complexity index is 237. The van der Waals surface area contributed by atoms with Gasteiger partial charge in [-0.05, 0) is 13.3 Å². The molecule has 0 bridgehead atoms. The lowest BCUT2D eigenvalue weighted by molar-refractivity contribution is 0.513. The van der Waals surface area contributed by atoms with E-state index >= 15 is 0 Å². The maximum Gasteiger partial charge on any atom is 0.0797 e. The number of nitrogens with zero attached hydrogens (tertiary/aromatic N) is 1. The van der Waals surface area contributed by atoms with Gasteiger partial charge in [-0.2, -0.15) is 0 Å². The standard InChI is InChI=1S/C9H15NS/c1-5-9(3,4)8-7(2)10-6-11-8/h6H,5H2,1-4H3. The minimum atomic E-state index is 0.311. The van der Waals surface area contributed by atoms with Crippen molar-refractivity contribution >= 4 is 11.3 Å². The van der Waals surface area contributed by atoms with Gasteiger partial charge < -0.3 is 0 Å². The molecule has 0 aromatic carbocycles. The van der Waals surface area contributed by atoms with E-state index in [1.165, 1.54) is 17.0 Å². The molecule has 0 saturated carbocycles. The zero-order chi connectivity index (χ0) is 8.48. The number of aromatic nitrogens is 1. The maximum absolute atomic E-state index is 4.25. The fourth-order valence-electron chi connectivity index (χ4n) is 1.11. The molecule has 2 heteroatoms. The summed E-state index contributed by atoms with van der Waals surface area (Å²) in [5.74, 6) is 0. The molecule has 1 aromatic heterocycles. The van der Waals surface area contributed by atoms with E-state index in [9.17, 15) is 0 Å². The van der Waals surface area contributed by atoms with Crippen molar-refractivity contribution < 1.29 is 0 Å². The molecule has 0 fully saturated rings. The van der Waals surface area contributed by atoms with Gasteiger partial charge in [0, 0.05) is 10.3 Å². The predicted molar refractivity (Wildman–Crippen MR) is 50.2 cm³/mol. The van der Waals surface area contributed by atoms with E-state index in [4.69, 9.17) is 0 Å². The summed E-state index contributed by atoms with van der Waals surface area (Å²) in [6.45, 7) is 8.85. The highest BCUT2D eigenvalue weighted by molar-refractivity contribution is 7.09. The van der Waals surface area contributed by atoms with Gasteiger partial charge in [-0.1, -0.05) is 20.8 Å². The summed E-state index contributed by atoms with van der Waals surface area (Å²) in [7, 11) is 0. The Balaban J connectivity index is 3.00. The quantitative estimate of drug-likeness (QED) is 0.662. The summed E-state index contributed by atoms with van der Waals surface area (Å²) in [5, 5.41) is 0. The molecule has 1 rings (SSSR count). The van der Waals surface area contributed by atoms with Gasteiger partial charge in [0.05, 0.1) is 11.2 Å². The molecule has 0 spiro atoms. The van der Waals surface area contributed by atoms with Gasteiger partial charge in [-0.3, -0.25) is 0 Å². The van der Waals surface area contributed by atoms with Crippen LogP contribution in [0.2, 0.25) is 0 Å². The number of aryl methyl sites for hydroxylation is 1. The molecule has 1 heterocycles. The van der Waals surface area contributed by atoms with Crippen LogP contribution < -0.4 is 0 Å². The lowest BCUT2D eigenvalue weighted by atomic mass is 9.88. The average Bonchev–Trinajstić information content (AvgIpc) is 2.36. The Hall–Kier alpha value is -0.370. The van der Waals surface area contributed by atoms with Gasteiger partial charge >= 0.3 is 0 Å². The first kappa shape index (κ1) is 8.72. The minimum Gasteiger partial charge on any atom is -0.250 e. The molecular formula is C9H15NS. The van der Waals surface area contributed by atoms with E-state index in [1.54, 1.807) is 11.3 Å². The third kappa shape index (κ3) is 1.62. The van der Waals surface area contributed by atoms with Crippen molar-refractivity contribution in [3.8, 4) is 0 Å². The second kappa shape index (κ2) is 2.94. The normalized spacial score (nSPS) is 12.0. The van der Waals surface area contributed by atoms with E-state index in [0.29, 0.717) is 5.41 Å². The van der Waals surface area contributed by atoms with Crippen LogP contribution in [-0.4, -0.2) is 4.98 Å². The minimum absolute atomic E-state index is 0.311. The lowest BCUT2D eigenvalue weighted by Crippen LogP contribution is -2.14. The Morgan fingerprint density at radius 1 is 1.55 bits per heavy atom. The van der Waals surface area contributed by atoms with Gasteiger partial charge in [0.1, 0.15) is 0 Å². The highest BCUT2D eigenvalue weighted by Crippen LogP contribution is 2.31. The molecule has 1 aromatic rings. The summed E-state index contributed by atoms with van der Waals surface area (Å²) in [6, 6.07) is 0. The predicted octanol–water partition coefficient (Wildman–Crippen LogP) is 3.14. The average molecular weight is 169 g/mol. The van der Waals surface area contributed by atoms with Crippen LogP contribution in [0.4, 0.5) is 0 Å². The van der Waals surface area contributed by atoms with Crippen LogP contribution in [0.1, 0.15) is 37.8 Å². The fraction of sp³-hybridized carbons (Fsp3) is 0.667. The molecule has 0 aliphatic heterocycles. The fourth-order valence-corrected chi connectivity index (χ4v) is 2.11. The van der Waals surface area contributed by atoms with Crippen molar-refractivity contribution in [3.63, 3.8) is 0 Å². The van der Waals surface area contributed by atoms with Crippen LogP contribution >= 0.6 is 11.3 Å². The largest absolute Gasteiger partial charge is 0.250 e. The molecular weight excluding hydrogens is 154 g/mol. The molecule has 0 unspecified atom stereocenters. The Morgan fingerprint density at radius 3 is 2.55 bits per heavy atom. The number of rotatable bonds is 2. The van der Waals surface area contributed by atoms with Crippen LogP contribution in [-0.2, 0) is 5.41 Å². The van der Waals surface area contributed by atoms with Crippen molar-refractivity contribution in [3.05, 3.63) is 16.1 Å². The smallest absolute Gasteiger partial charge is 0.0797 e. The second-order valence-corrected chi connectivity index (χ2v) is 4.36. The summed E-state index contributed by atoms with van der Waals surface area (Å²) in [4.78, 5) is 5.68. The van der Waals surface area contributed by atoms with Crippen molar-refractivity contribution in [1.29, 1.82) is 0 Å². The Labute approximate surface area is 72.5 Å². The first-order valence-corrected chi connectivity index (χ1v) is 4.86. The molecule has 0 saturated heterocycles. The lowest BCUT2D eigenvalue weighted by Gasteiger charge is -2.21. The van der Waals surface area contributed by atoms with E-state index in [0.717, 1.165) is 0 Å². The first-order chi connectivity index (χ1) is 5.08. The third-order valence-electron chi connectivity index (χ3n) is 2.24. The highest BCUT2D eigenvalue weighted by atomic mass is 32.1. The van der Waals surface area contributed by atoms with E-state index in [1.807, 2.05) is 5.51 Å². The van der Waals surface area contributed by atoms with E-state index in [2.05, 4.69) is 32.7 Å². The van der Waals surface area contributed by atoms with Crippen LogP contribution in [0.3, 0.4) is 0 Å². The molecule has 0 aliphatic rings. The van der Waals surface area contributed by atoms with Crippen LogP contribution in [0.15, 0.2) is 5.51 Å². The van der Waals surface area contributed by atoms with Crippen LogP contribution in [0.25, 0.3) is 0 Å². The molecule has 1 nitrogen and oxygen atoms in total. The van der Waals surface area contributed by atoms with Crippen LogP contribution in [0, 0.1) is 6.92 Å². The molecule has 0 radical (unpaired) electrons. The van der Waals surface area contributed by atoms with Gasteiger partial charge in [0.25, 0.3) is 0 Å².